The number of fused-ring (bicyclic) bond motifs is 18. The molecule has 6 N–H and O–H groups in total. The zero-order chi connectivity index (χ0) is 19.4. The molecule has 3 saturated heterocycles. The van der Waals surface area contributed by atoms with Crippen LogP contribution in [-0.2, 0) is 0 Å². The molecule has 9 nitrogen and oxygen atoms in total. The Kier molecular flexibility index (Phi) is 9.88. The van der Waals surface area contributed by atoms with E-state index in [4.69, 9.17) is 0 Å². The van der Waals surface area contributed by atoms with Crippen molar-refractivity contribution in [3.8, 4) is 0 Å². The maximum absolute atomic E-state index is 11.9. The average Bonchev–Trinajstić information content (AvgIpc) is 2.63. The maximum Gasteiger partial charge on any atom is 0.258 e. The Bertz CT molecular complexity index is 388. The SMILES string of the molecule is CC12CNCCCNCC([N+](=O)[O-])(CNCCCNC1)CNCCCNC2. The van der Waals surface area contributed by atoms with Crippen molar-refractivity contribution in [2.75, 3.05) is 78.5 Å². The molecule has 3 rings (SSSR count). The number of rotatable bonds is 1. The molecule has 0 unspecified atom stereocenters. The Labute approximate surface area is 163 Å². The fourth-order valence-electron chi connectivity index (χ4n) is 3.72. The first-order chi connectivity index (χ1) is 13.1. The zero-order valence-electron chi connectivity index (χ0n) is 16.9. The minimum Gasteiger partial charge on any atom is -0.316 e. The van der Waals surface area contributed by atoms with E-state index in [1.165, 1.54) is 0 Å². The Morgan fingerprint density at radius 1 is 0.630 bits per heavy atom. The minimum absolute atomic E-state index is 0.105. The van der Waals surface area contributed by atoms with Crippen LogP contribution in [0, 0.1) is 15.5 Å². The monoisotopic (exact) mass is 385 g/mol. The molecule has 0 aliphatic carbocycles. The second-order valence-corrected chi connectivity index (χ2v) is 8.41. The third kappa shape index (κ3) is 7.97. The largest absolute Gasteiger partial charge is 0.316 e. The Balaban J connectivity index is 2.10. The summed E-state index contributed by atoms with van der Waals surface area (Å²) in [5, 5.41) is 32.6. The molecule has 3 aliphatic heterocycles. The van der Waals surface area contributed by atoms with Crippen molar-refractivity contribution in [3.63, 3.8) is 0 Å². The van der Waals surface area contributed by atoms with E-state index in [-0.39, 0.29) is 10.3 Å². The van der Waals surface area contributed by atoms with E-state index in [1.54, 1.807) is 0 Å². The lowest BCUT2D eigenvalue weighted by atomic mass is 9.90. The van der Waals surface area contributed by atoms with Gasteiger partial charge in [0.05, 0.1) is 19.6 Å². The van der Waals surface area contributed by atoms with Gasteiger partial charge >= 0.3 is 0 Å². The molecule has 0 atom stereocenters. The Morgan fingerprint density at radius 2 is 0.926 bits per heavy atom. The smallest absolute Gasteiger partial charge is 0.258 e. The lowest BCUT2D eigenvalue weighted by Crippen LogP contribution is -2.60. The van der Waals surface area contributed by atoms with Gasteiger partial charge in [0.25, 0.3) is 5.54 Å². The van der Waals surface area contributed by atoms with Crippen molar-refractivity contribution in [2.24, 2.45) is 5.41 Å². The first-order valence-corrected chi connectivity index (χ1v) is 10.5. The van der Waals surface area contributed by atoms with Gasteiger partial charge in [0.15, 0.2) is 0 Å². The number of nitro groups is 1. The highest BCUT2D eigenvalue weighted by atomic mass is 16.6. The molecule has 158 valence electrons. The quantitative estimate of drug-likeness (QED) is 0.245. The van der Waals surface area contributed by atoms with E-state index in [9.17, 15) is 10.1 Å². The van der Waals surface area contributed by atoms with Crippen molar-refractivity contribution in [3.05, 3.63) is 10.1 Å². The molecular formula is C18H39N7O2. The van der Waals surface area contributed by atoms with Crippen LogP contribution < -0.4 is 31.9 Å². The van der Waals surface area contributed by atoms with Gasteiger partial charge in [-0.05, 0) is 58.5 Å². The van der Waals surface area contributed by atoms with Crippen molar-refractivity contribution in [1.82, 2.24) is 31.9 Å². The summed E-state index contributed by atoms with van der Waals surface area (Å²) in [6, 6.07) is 0. The van der Waals surface area contributed by atoms with Gasteiger partial charge in [-0.15, -0.1) is 0 Å². The van der Waals surface area contributed by atoms with E-state index in [2.05, 4.69) is 38.8 Å². The van der Waals surface area contributed by atoms with Crippen LogP contribution in [0.25, 0.3) is 0 Å². The van der Waals surface area contributed by atoms with E-state index in [0.29, 0.717) is 19.6 Å². The van der Waals surface area contributed by atoms with Crippen molar-refractivity contribution >= 4 is 0 Å². The first-order valence-electron chi connectivity index (χ1n) is 10.5. The zero-order valence-corrected chi connectivity index (χ0v) is 16.9. The fraction of sp³-hybridized carbons (Fsp3) is 1.00. The van der Waals surface area contributed by atoms with Crippen molar-refractivity contribution in [1.29, 1.82) is 0 Å². The number of hydrogen-bond donors (Lipinski definition) is 6. The van der Waals surface area contributed by atoms with Crippen molar-refractivity contribution < 1.29 is 4.92 Å². The van der Waals surface area contributed by atoms with E-state index < -0.39 is 5.54 Å². The van der Waals surface area contributed by atoms with Crippen LogP contribution in [0.2, 0.25) is 0 Å². The summed E-state index contributed by atoms with van der Waals surface area (Å²) in [5.41, 5.74) is -0.843. The second-order valence-electron chi connectivity index (χ2n) is 8.41. The summed E-state index contributed by atoms with van der Waals surface area (Å²) in [6.07, 6.45) is 2.89. The average molecular weight is 386 g/mol. The lowest BCUT2D eigenvalue weighted by molar-refractivity contribution is -0.563. The Morgan fingerprint density at radius 3 is 1.22 bits per heavy atom. The lowest BCUT2D eigenvalue weighted by Gasteiger charge is -2.32. The number of hydrogen-bond acceptors (Lipinski definition) is 8. The molecule has 0 amide bonds. The fourth-order valence-corrected chi connectivity index (χ4v) is 3.72. The van der Waals surface area contributed by atoms with E-state index >= 15 is 0 Å². The molecule has 9 heteroatoms. The predicted molar refractivity (Wildman–Crippen MR) is 109 cm³/mol. The van der Waals surface area contributed by atoms with Gasteiger partial charge in [-0.3, -0.25) is 10.1 Å². The molecular weight excluding hydrogens is 346 g/mol. The molecule has 0 aromatic heterocycles. The molecule has 0 aromatic rings. The predicted octanol–water partition coefficient (Wildman–Crippen LogP) is -1.26. The van der Waals surface area contributed by atoms with Crippen LogP contribution >= 0.6 is 0 Å². The summed E-state index contributed by atoms with van der Waals surface area (Å²) in [5.74, 6) is 0. The van der Waals surface area contributed by atoms with Gasteiger partial charge in [-0.2, -0.15) is 0 Å². The summed E-state index contributed by atoms with van der Waals surface area (Å²) >= 11 is 0. The van der Waals surface area contributed by atoms with Crippen LogP contribution in [0.3, 0.4) is 0 Å². The van der Waals surface area contributed by atoms with Crippen LogP contribution in [-0.4, -0.2) is 89.0 Å². The molecule has 0 aromatic carbocycles. The highest BCUT2D eigenvalue weighted by Gasteiger charge is 2.41. The molecule has 3 aliphatic rings. The van der Waals surface area contributed by atoms with E-state index in [0.717, 1.165) is 78.2 Å². The van der Waals surface area contributed by atoms with Gasteiger partial charge < -0.3 is 31.9 Å². The van der Waals surface area contributed by atoms with Gasteiger partial charge in [0.1, 0.15) is 0 Å². The standard InChI is InChI=1S/C18H39N7O2/c1-17-11-19-5-2-8-22-14-18(25(26)27,15-23-9-3-6-20-12-17)16-24-10-4-7-21-13-17/h19-24H,2-16H2,1H3. The third-order valence-electron chi connectivity index (χ3n) is 5.53. The summed E-state index contributed by atoms with van der Waals surface area (Å²) in [6.45, 7) is 11.5. The second kappa shape index (κ2) is 11.9. The topological polar surface area (TPSA) is 115 Å². The summed E-state index contributed by atoms with van der Waals surface area (Å²) < 4.78 is 0. The highest BCUT2D eigenvalue weighted by Crippen LogP contribution is 2.13. The molecule has 3 heterocycles. The normalized spacial score (nSPS) is 33.8. The molecule has 2 bridgehead atoms. The molecule has 3 fully saturated rings. The number of nitrogens with one attached hydrogen (secondary N) is 6. The molecule has 0 saturated carbocycles. The van der Waals surface area contributed by atoms with Crippen LogP contribution in [0.4, 0.5) is 0 Å². The number of nitrogens with zero attached hydrogens (tertiary/aromatic N) is 1. The van der Waals surface area contributed by atoms with Crippen molar-refractivity contribution in [2.45, 2.75) is 31.7 Å². The van der Waals surface area contributed by atoms with Crippen LogP contribution in [0.5, 0.6) is 0 Å². The first kappa shape index (κ1) is 22.4. The molecule has 0 radical (unpaired) electrons. The van der Waals surface area contributed by atoms with Gasteiger partial charge in [0, 0.05) is 30.0 Å². The summed E-state index contributed by atoms with van der Waals surface area (Å²) in [4.78, 5) is 11.8. The maximum atomic E-state index is 11.9. The van der Waals surface area contributed by atoms with Crippen LogP contribution in [0.1, 0.15) is 26.2 Å². The highest BCUT2D eigenvalue weighted by molar-refractivity contribution is 4.88. The van der Waals surface area contributed by atoms with E-state index in [1.807, 2.05) is 0 Å². The van der Waals surface area contributed by atoms with Gasteiger partial charge in [0.2, 0.25) is 0 Å². The third-order valence-corrected chi connectivity index (χ3v) is 5.53. The molecule has 0 spiro atoms. The summed E-state index contributed by atoms with van der Waals surface area (Å²) in [7, 11) is 0. The van der Waals surface area contributed by atoms with Crippen LogP contribution in [0.15, 0.2) is 0 Å². The minimum atomic E-state index is -1.01. The van der Waals surface area contributed by atoms with Gasteiger partial charge in [-0.1, -0.05) is 6.92 Å². The molecule has 27 heavy (non-hydrogen) atoms. The Hall–Kier alpha value is -0.840. The van der Waals surface area contributed by atoms with Gasteiger partial charge in [-0.25, -0.2) is 0 Å².